The van der Waals surface area contributed by atoms with Crippen molar-refractivity contribution in [1.82, 2.24) is 5.32 Å². The Kier molecular flexibility index (Phi) is 7.53. The normalized spacial score (nSPS) is 12.9. The molecule has 1 aliphatic rings. The summed E-state index contributed by atoms with van der Waals surface area (Å²) in [7, 11) is 0. The predicted octanol–water partition coefficient (Wildman–Crippen LogP) is 3.15. The summed E-state index contributed by atoms with van der Waals surface area (Å²) in [5.74, 6) is -0.983. The number of benzene rings is 2. The number of hydrogen-bond donors (Lipinski definition) is 2. The third-order valence-electron chi connectivity index (χ3n) is 4.56. The van der Waals surface area contributed by atoms with E-state index in [1.165, 1.54) is 24.3 Å². The number of rotatable bonds is 10. The lowest BCUT2D eigenvalue weighted by molar-refractivity contribution is -0.124. The molecular formula is C22H22F2N2O5. The van der Waals surface area contributed by atoms with Gasteiger partial charge in [0.05, 0.1) is 5.56 Å². The van der Waals surface area contributed by atoms with Crippen LogP contribution in [0.1, 0.15) is 28.8 Å². The van der Waals surface area contributed by atoms with Crippen LogP contribution >= 0.6 is 0 Å². The van der Waals surface area contributed by atoms with Gasteiger partial charge < -0.3 is 20.1 Å². The van der Waals surface area contributed by atoms with E-state index in [4.69, 9.17) is 4.74 Å². The Morgan fingerprint density at radius 2 is 1.68 bits per heavy atom. The van der Waals surface area contributed by atoms with E-state index in [0.717, 1.165) is 18.4 Å². The van der Waals surface area contributed by atoms with Gasteiger partial charge in [-0.15, -0.1) is 0 Å². The highest BCUT2D eigenvalue weighted by molar-refractivity contribution is 5.95. The fourth-order valence-electron chi connectivity index (χ4n) is 2.73. The van der Waals surface area contributed by atoms with Gasteiger partial charge in [0, 0.05) is 18.2 Å². The molecule has 0 atom stereocenters. The molecule has 0 aromatic heterocycles. The van der Waals surface area contributed by atoms with E-state index in [2.05, 4.69) is 15.4 Å². The fourth-order valence-corrected chi connectivity index (χ4v) is 2.73. The lowest BCUT2D eigenvalue weighted by atomic mass is 10.1. The van der Waals surface area contributed by atoms with Gasteiger partial charge in [0.25, 0.3) is 5.91 Å². The second kappa shape index (κ2) is 10.5. The molecule has 0 heterocycles. The number of carbonyl (C=O) groups is 3. The van der Waals surface area contributed by atoms with Gasteiger partial charge in [0.15, 0.2) is 6.61 Å². The summed E-state index contributed by atoms with van der Waals surface area (Å²) in [6, 6.07) is 12.3. The molecule has 164 valence electrons. The first-order chi connectivity index (χ1) is 14.9. The minimum absolute atomic E-state index is 0.0237. The third-order valence-corrected chi connectivity index (χ3v) is 4.56. The Balaban J connectivity index is 1.35. The number of amides is 2. The molecule has 1 fully saturated rings. The summed E-state index contributed by atoms with van der Waals surface area (Å²) in [5, 5.41) is 5.39. The van der Waals surface area contributed by atoms with E-state index < -0.39 is 25.1 Å². The average molecular weight is 432 g/mol. The number of esters is 1. The van der Waals surface area contributed by atoms with Crippen LogP contribution in [-0.2, 0) is 20.7 Å². The highest BCUT2D eigenvalue weighted by Gasteiger charge is 2.29. The molecule has 2 N–H and O–H groups in total. The third kappa shape index (κ3) is 7.36. The minimum atomic E-state index is -2.88. The number of anilines is 1. The molecular weight excluding hydrogens is 410 g/mol. The molecule has 7 nitrogen and oxygen atoms in total. The summed E-state index contributed by atoms with van der Waals surface area (Å²) in [5.41, 5.74) is 1.69. The number of halogens is 2. The molecule has 0 bridgehead atoms. The molecule has 1 saturated carbocycles. The zero-order valence-electron chi connectivity index (χ0n) is 16.6. The second-order valence-corrected chi connectivity index (χ2v) is 7.04. The average Bonchev–Trinajstić information content (AvgIpc) is 3.59. The zero-order chi connectivity index (χ0) is 22.2. The lowest BCUT2D eigenvalue weighted by Crippen LogP contribution is -2.30. The molecule has 2 amide bonds. The van der Waals surface area contributed by atoms with Crippen LogP contribution in [0.3, 0.4) is 0 Å². The fraction of sp³-hybridized carbons (Fsp3) is 0.318. The Hall–Kier alpha value is -3.49. The maximum absolute atomic E-state index is 12.1. The molecule has 2 aromatic rings. The Morgan fingerprint density at radius 1 is 1.00 bits per heavy atom. The van der Waals surface area contributed by atoms with Crippen LogP contribution in [0.4, 0.5) is 14.5 Å². The molecule has 0 spiro atoms. The molecule has 9 heteroatoms. The van der Waals surface area contributed by atoms with Crippen molar-refractivity contribution >= 4 is 23.5 Å². The first-order valence-electron chi connectivity index (χ1n) is 9.79. The Morgan fingerprint density at radius 3 is 2.29 bits per heavy atom. The Labute approximate surface area is 177 Å². The van der Waals surface area contributed by atoms with Crippen molar-refractivity contribution in [2.24, 2.45) is 5.92 Å². The maximum atomic E-state index is 12.1. The van der Waals surface area contributed by atoms with Crippen molar-refractivity contribution in [2.45, 2.75) is 25.9 Å². The van der Waals surface area contributed by atoms with E-state index in [1.54, 1.807) is 24.3 Å². The first-order valence-corrected chi connectivity index (χ1v) is 9.79. The smallest absolute Gasteiger partial charge is 0.387 e. The molecule has 3 rings (SSSR count). The number of hydrogen-bond acceptors (Lipinski definition) is 5. The second-order valence-electron chi connectivity index (χ2n) is 7.04. The topological polar surface area (TPSA) is 93.7 Å². The van der Waals surface area contributed by atoms with Gasteiger partial charge in [0.1, 0.15) is 5.75 Å². The van der Waals surface area contributed by atoms with Gasteiger partial charge >= 0.3 is 12.6 Å². The van der Waals surface area contributed by atoms with Gasteiger partial charge in [-0.05, 0) is 61.2 Å². The molecule has 31 heavy (non-hydrogen) atoms. The van der Waals surface area contributed by atoms with Gasteiger partial charge in [-0.1, -0.05) is 12.1 Å². The monoisotopic (exact) mass is 432 g/mol. The van der Waals surface area contributed by atoms with E-state index in [1.807, 2.05) is 0 Å². The van der Waals surface area contributed by atoms with Crippen LogP contribution in [0.5, 0.6) is 5.75 Å². The van der Waals surface area contributed by atoms with Crippen molar-refractivity contribution < 1.29 is 32.6 Å². The number of alkyl halides is 2. The number of ether oxygens (including phenoxy) is 2. The summed E-state index contributed by atoms with van der Waals surface area (Å²) in [6.45, 7) is -3.01. The van der Waals surface area contributed by atoms with Crippen LogP contribution in [0.15, 0.2) is 48.5 Å². The van der Waals surface area contributed by atoms with Crippen molar-refractivity contribution in [3.63, 3.8) is 0 Å². The van der Waals surface area contributed by atoms with Crippen LogP contribution in [0.2, 0.25) is 0 Å². The van der Waals surface area contributed by atoms with Crippen molar-refractivity contribution in [3.05, 3.63) is 59.7 Å². The van der Waals surface area contributed by atoms with Crippen LogP contribution in [0, 0.1) is 5.92 Å². The van der Waals surface area contributed by atoms with E-state index in [0.29, 0.717) is 18.7 Å². The highest BCUT2D eigenvalue weighted by atomic mass is 19.3. The van der Waals surface area contributed by atoms with Crippen LogP contribution in [0.25, 0.3) is 0 Å². The summed E-state index contributed by atoms with van der Waals surface area (Å²) < 4.78 is 33.5. The predicted molar refractivity (Wildman–Crippen MR) is 108 cm³/mol. The molecule has 0 radical (unpaired) electrons. The van der Waals surface area contributed by atoms with Gasteiger partial charge in [-0.25, -0.2) is 4.79 Å². The summed E-state index contributed by atoms with van der Waals surface area (Å²) >= 11 is 0. The summed E-state index contributed by atoms with van der Waals surface area (Å²) in [4.78, 5) is 35.6. The quantitative estimate of drug-likeness (QED) is 0.563. The largest absolute Gasteiger partial charge is 0.452 e. The van der Waals surface area contributed by atoms with Crippen molar-refractivity contribution in [1.29, 1.82) is 0 Å². The first kappa shape index (κ1) is 22.2. The summed E-state index contributed by atoms with van der Waals surface area (Å²) in [6.07, 6.45) is 2.28. The van der Waals surface area contributed by atoms with Crippen LogP contribution in [-0.4, -0.2) is 37.5 Å². The van der Waals surface area contributed by atoms with Gasteiger partial charge in [-0.2, -0.15) is 8.78 Å². The van der Waals surface area contributed by atoms with Gasteiger partial charge in [-0.3, -0.25) is 9.59 Å². The van der Waals surface area contributed by atoms with Crippen LogP contribution < -0.4 is 15.4 Å². The minimum Gasteiger partial charge on any atom is -0.452 e. The van der Waals surface area contributed by atoms with Crippen molar-refractivity contribution in [2.75, 3.05) is 18.5 Å². The molecule has 2 aromatic carbocycles. The molecule has 1 aliphatic carbocycles. The van der Waals surface area contributed by atoms with E-state index in [9.17, 15) is 23.2 Å². The SMILES string of the molecule is O=C(COC(=O)c1ccc(NC(=O)C2CC2)cc1)NCCc1ccc(OC(F)F)cc1. The number of nitrogens with one attached hydrogen (secondary N) is 2. The highest BCUT2D eigenvalue weighted by Crippen LogP contribution is 2.30. The van der Waals surface area contributed by atoms with E-state index >= 15 is 0 Å². The maximum Gasteiger partial charge on any atom is 0.387 e. The van der Waals surface area contributed by atoms with Crippen molar-refractivity contribution in [3.8, 4) is 5.75 Å². The lowest BCUT2D eigenvalue weighted by Gasteiger charge is -2.08. The molecule has 0 unspecified atom stereocenters. The molecule has 0 saturated heterocycles. The zero-order valence-corrected chi connectivity index (χ0v) is 16.6. The molecule has 0 aliphatic heterocycles. The van der Waals surface area contributed by atoms with Gasteiger partial charge in [0.2, 0.25) is 5.91 Å². The standard InChI is InChI=1S/C22H22F2N2O5/c23-22(24)31-18-9-1-14(2-10-18)11-12-25-19(27)13-30-21(29)16-5-7-17(8-6-16)26-20(28)15-3-4-15/h1-2,5-10,15,22H,3-4,11-13H2,(H,25,27)(H,26,28). The van der Waals surface area contributed by atoms with E-state index in [-0.39, 0.29) is 23.1 Å². The Bertz CT molecular complexity index is 913. The number of carbonyl (C=O) groups excluding carboxylic acids is 3.